The highest BCUT2D eigenvalue weighted by Crippen LogP contribution is 2.26. The minimum Gasteiger partial charge on any atom is -0.330 e. The van der Waals surface area contributed by atoms with Crippen molar-refractivity contribution in [2.24, 2.45) is 11.7 Å². The molecule has 1 saturated heterocycles. The van der Waals surface area contributed by atoms with Crippen LogP contribution in [0.5, 0.6) is 0 Å². The van der Waals surface area contributed by atoms with Crippen molar-refractivity contribution in [1.82, 2.24) is 4.90 Å². The molecule has 0 aromatic heterocycles. The lowest BCUT2D eigenvalue weighted by atomic mass is 9.89. The molecule has 2 heteroatoms. The maximum absolute atomic E-state index is 5.68. The number of likely N-dealkylation sites (tertiary alicyclic amines) is 1. The summed E-state index contributed by atoms with van der Waals surface area (Å²) in [5, 5.41) is 0. The molecule has 1 aromatic rings. The van der Waals surface area contributed by atoms with Crippen molar-refractivity contribution in [2.45, 2.75) is 32.1 Å². The van der Waals surface area contributed by atoms with E-state index in [1.807, 2.05) is 0 Å². The summed E-state index contributed by atoms with van der Waals surface area (Å²) in [6, 6.07) is 9.22. The van der Waals surface area contributed by atoms with Crippen LogP contribution >= 0.6 is 0 Å². The Labute approximate surface area is 111 Å². The monoisotopic (exact) mass is 246 g/mol. The van der Waals surface area contributed by atoms with Crippen LogP contribution in [0.3, 0.4) is 0 Å². The molecule has 1 aliphatic heterocycles. The van der Waals surface area contributed by atoms with Gasteiger partial charge >= 0.3 is 0 Å². The van der Waals surface area contributed by atoms with Crippen LogP contribution in [0.25, 0.3) is 0 Å². The average Bonchev–Trinajstić information content (AvgIpc) is 2.39. The van der Waals surface area contributed by atoms with E-state index in [4.69, 9.17) is 5.73 Å². The molecule has 0 spiro atoms. The maximum Gasteiger partial charge on any atom is 0.00472 e. The van der Waals surface area contributed by atoms with Gasteiger partial charge in [0.1, 0.15) is 0 Å². The largest absolute Gasteiger partial charge is 0.330 e. The number of nitrogens with zero attached hydrogens (tertiary/aromatic N) is 1. The van der Waals surface area contributed by atoms with E-state index in [1.165, 1.54) is 37.1 Å². The average molecular weight is 246 g/mol. The molecule has 100 valence electrons. The lowest BCUT2D eigenvalue weighted by Crippen LogP contribution is -2.30. The molecule has 0 aliphatic carbocycles. The molecule has 2 rings (SSSR count). The molecule has 1 aromatic carbocycles. The highest BCUT2D eigenvalue weighted by molar-refractivity contribution is 5.26. The number of likely N-dealkylation sites (N-methyl/N-ethyl adjacent to an activating group) is 1. The molecule has 0 bridgehead atoms. The van der Waals surface area contributed by atoms with E-state index in [0.29, 0.717) is 5.92 Å². The van der Waals surface area contributed by atoms with Gasteiger partial charge < -0.3 is 10.6 Å². The van der Waals surface area contributed by atoms with Crippen molar-refractivity contribution < 1.29 is 0 Å². The number of benzene rings is 1. The number of hydrogen-bond acceptors (Lipinski definition) is 2. The van der Waals surface area contributed by atoms with E-state index in [2.05, 4.69) is 43.1 Å². The molecule has 2 N–H and O–H groups in total. The first-order valence-corrected chi connectivity index (χ1v) is 7.16. The van der Waals surface area contributed by atoms with E-state index >= 15 is 0 Å². The zero-order valence-electron chi connectivity index (χ0n) is 11.7. The molecule has 0 radical (unpaired) electrons. The Kier molecular flexibility index (Phi) is 4.79. The van der Waals surface area contributed by atoms with Crippen LogP contribution in [0, 0.1) is 5.92 Å². The number of rotatable bonds is 4. The summed E-state index contributed by atoms with van der Waals surface area (Å²) in [6.07, 6.45) is 3.76. The Morgan fingerprint density at radius 3 is 2.67 bits per heavy atom. The second kappa shape index (κ2) is 6.35. The van der Waals surface area contributed by atoms with Gasteiger partial charge in [-0.05, 0) is 62.4 Å². The fraction of sp³-hybridized carbons (Fsp3) is 0.625. The molecule has 2 nitrogen and oxygen atoms in total. The highest BCUT2D eigenvalue weighted by Gasteiger charge is 2.18. The van der Waals surface area contributed by atoms with Gasteiger partial charge in [-0.2, -0.15) is 0 Å². The van der Waals surface area contributed by atoms with E-state index in [9.17, 15) is 0 Å². The van der Waals surface area contributed by atoms with Gasteiger partial charge in [0.2, 0.25) is 0 Å². The molecule has 18 heavy (non-hydrogen) atoms. The van der Waals surface area contributed by atoms with E-state index < -0.39 is 0 Å². The van der Waals surface area contributed by atoms with Gasteiger partial charge in [0.25, 0.3) is 0 Å². The van der Waals surface area contributed by atoms with Gasteiger partial charge in [-0.15, -0.1) is 0 Å². The third-order valence-electron chi connectivity index (χ3n) is 4.06. The minimum absolute atomic E-state index is 0.580. The standard InChI is InChI=1S/C16H26N2/c1-13(11-17)10-14-5-7-15(8-6-14)16-4-3-9-18(2)12-16/h5-8,13,16H,3-4,9-12,17H2,1-2H3. The summed E-state index contributed by atoms with van der Waals surface area (Å²) in [7, 11) is 2.23. The number of nitrogens with two attached hydrogens (primary N) is 1. The highest BCUT2D eigenvalue weighted by atomic mass is 15.1. The smallest absolute Gasteiger partial charge is 0.00472 e. The van der Waals surface area contributed by atoms with Crippen molar-refractivity contribution in [1.29, 1.82) is 0 Å². The minimum atomic E-state index is 0.580. The Morgan fingerprint density at radius 1 is 1.33 bits per heavy atom. The van der Waals surface area contributed by atoms with Crippen LogP contribution in [0.15, 0.2) is 24.3 Å². The Hall–Kier alpha value is -0.860. The molecule has 1 aliphatic rings. The predicted octanol–water partition coefficient (Wildman–Crippen LogP) is 2.63. The lowest BCUT2D eigenvalue weighted by molar-refractivity contribution is 0.251. The third kappa shape index (κ3) is 3.56. The molecule has 1 heterocycles. The predicted molar refractivity (Wildman–Crippen MR) is 77.8 cm³/mol. The second-order valence-corrected chi connectivity index (χ2v) is 5.89. The fourth-order valence-electron chi connectivity index (χ4n) is 2.85. The van der Waals surface area contributed by atoms with Crippen LogP contribution in [-0.4, -0.2) is 31.6 Å². The molecular weight excluding hydrogens is 220 g/mol. The summed E-state index contributed by atoms with van der Waals surface area (Å²) in [5.41, 5.74) is 8.60. The molecule has 2 atom stereocenters. The summed E-state index contributed by atoms with van der Waals surface area (Å²) in [6.45, 7) is 5.44. The number of piperidine rings is 1. The van der Waals surface area contributed by atoms with Crippen LogP contribution in [0.1, 0.15) is 36.8 Å². The van der Waals surface area contributed by atoms with Crippen molar-refractivity contribution in [3.05, 3.63) is 35.4 Å². The Balaban J connectivity index is 1.98. The van der Waals surface area contributed by atoms with E-state index in [0.717, 1.165) is 18.9 Å². The van der Waals surface area contributed by atoms with Gasteiger partial charge in [0.05, 0.1) is 0 Å². The van der Waals surface area contributed by atoms with Crippen LogP contribution in [-0.2, 0) is 6.42 Å². The zero-order chi connectivity index (χ0) is 13.0. The van der Waals surface area contributed by atoms with E-state index in [-0.39, 0.29) is 0 Å². The van der Waals surface area contributed by atoms with Crippen molar-refractivity contribution in [2.75, 3.05) is 26.7 Å². The van der Waals surface area contributed by atoms with Gasteiger partial charge in [-0.1, -0.05) is 31.2 Å². The normalized spacial score (nSPS) is 22.9. The van der Waals surface area contributed by atoms with Gasteiger partial charge in [0.15, 0.2) is 0 Å². The van der Waals surface area contributed by atoms with Gasteiger partial charge in [-0.25, -0.2) is 0 Å². The Morgan fingerprint density at radius 2 is 2.06 bits per heavy atom. The van der Waals surface area contributed by atoms with E-state index in [1.54, 1.807) is 0 Å². The molecule has 0 amide bonds. The molecule has 0 saturated carbocycles. The summed E-state index contributed by atoms with van der Waals surface area (Å²) in [4.78, 5) is 2.44. The van der Waals surface area contributed by atoms with Crippen molar-refractivity contribution in [3.63, 3.8) is 0 Å². The zero-order valence-corrected chi connectivity index (χ0v) is 11.7. The first-order valence-electron chi connectivity index (χ1n) is 7.16. The second-order valence-electron chi connectivity index (χ2n) is 5.89. The summed E-state index contributed by atoms with van der Waals surface area (Å²) >= 11 is 0. The van der Waals surface area contributed by atoms with Crippen LogP contribution in [0.2, 0.25) is 0 Å². The third-order valence-corrected chi connectivity index (χ3v) is 4.06. The molecule has 1 fully saturated rings. The SMILES string of the molecule is CC(CN)Cc1ccc(C2CCCN(C)C2)cc1. The van der Waals surface area contributed by atoms with Crippen LogP contribution in [0.4, 0.5) is 0 Å². The fourth-order valence-corrected chi connectivity index (χ4v) is 2.85. The quantitative estimate of drug-likeness (QED) is 0.885. The van der Waals surface area contributed by atoms with Gasteiger partial charge in [-0.3, -0.25) is 0 Å². The Bertz CT molecular complexity index is 358. The first-order chi connectivity index (χ1) is 8.69. The lowest BCUT2D eigenvalue weighted by Gasteiger charge is -2.30. The molecule has 2 unspecified atom stereocenters. The van der Waals surface area contributed by atoms with Crippen molar-refractivity contribution >= 4 is 0 Å². The molecular formula is C16H26N2. The maximum atomic E-state index is 5.68. The summed E-state index contributed by atoms with van der Waals surface area (Å²) in [5.74, 6) is 1.31. The van der Waals surface area contributed by atoms with Crippen LogP contribution < -0.4 is 5.73 Å². The summed E-state index contributed by atoms with van der Waals surface area (Å²) < 4.78 is 0. The van der Waals surface area contributed by atoms with Crippen molar-refractivity contribution in [3.8, 4) is 0 Å². The topological polar surface area (TPSA) is 29.3 Å². The van der Waals surface area contributed by atoms with Gasteiger partial charge in [0, 0.05) is 6.54 Å². The number of hydrogen-bond donors (Lipinski definition) is 1. The first kappa shape index (κ1) is 13.6.